The molecule has 1 aromatic rings. The third-order valence-corrected chi connectivity index (χ3v) is 2.29. The van der Waals surface area contributed by atoms with Crippen molar-refractivity contribution in [3.05, 3.63) is 23.8 Å². The molecule has 2 atom stereocenters. The first-order chi connectivity index (χ1) is 7.22. The Morgan fingerprint density at radius 2 is 1.93 bits per heavy atom. The summed E-state index contributed by atoms with van der Waals surface area (Å²) in [5, 5.41) is 27.6. The Morgan fingerprint density at radius 3 is 2.67 bits per heavy atom. The Balaban J connectivity index is 2.22. The molecule has 2 unspecified atom stereocenters. The first-order valence-electron chi connectivity index (χ1n) is 4.59. The third kappa shape index (κ3) is 1.90. The number of aliphatic hydroxyl groups excluding tert-OH is 3. The van der Waals surface area contributed by atoms with Crippen LogP contribution >= 0.6 is 0 Å². The molecule has 1 heterocycles. The molecular weight excluding hydrogens is 200 g/mol. The molecule has 0 fully saturated rings. The predicted molar refractivity (Wildman–Crippen MR) is 50.6 cm³/mol. The molecule has 0 aromatic heterocycles. The molecule has 0 saturated carbocycles. The zero-order chi connectivity index (χ0) is 10.8. The second-order valence-corrected chi connectivity index (χ2v) is 3.31. The number of ether oxygens (including phenoxy) is 2. The van der Waals surface area contributed by atoms with Crippen LogP contribution in [0.2, 0.25) is 0 Å². The fourth-order valence-electron chi connectivity index (χ4n) is 1.42. The van der Waals surface area contributed by atoms with Crippen molar-refractivity contribution in [1.29, 1.82) is 0 Å². The molecule has 2 rings (SSSR count). The molecule has 5 nitrogen and oxygen atoms in total. The summed E-state index contributed by atoms with van der Waals surface area (Å²) >= 11 is 0. The van der Waals surface area contributed by atoms with Gasteiger partial charge in [0.1, 0.15) is 12.2 Å². The lowest BCUT2D eigenvalue weighted by molar-refractivity contribution is -0.0153. The normalized spacial score (nSPS) is 17.5. The molecule has 0 spiro atoms. The summed E-state index contributed by atoms with van der Waals surface area (Å²) in [5.74, 6) is 1.15. The van der Waals surface area contributed by atoms with E-state index in [4.69, 9.17) is 14.6 Å². The highest BCUT2D eigenvalue weighted by Crippen LogP contribution is 2.34. The van der Waals surface area contributed by atoms with E-state index in [1.54, 1.807) is 18.2 Å². The van der Waals surface area contributed by atoms with Gasteiger partial charge in [0.05, 0.1) is 6.61 Å². The van der Waals surface area contributed by atoms with E-state index < -0.39 is 18.8 Å². The minimum Gasteiger partial charge on any atom is -0.454 e. The van der Waals surface area contributed by atoms with Crippen LogP contribution in [0.1, 0.15) is 11.7 Å². The SMILES string of the molecule is OCC(O)C(O)c1ccc2c(c1)OCO2. The zero-order valence-corrected chi connectivity index (χ0v) is 7.96. The van der Waals surface area contributed by atoms with Crippen molar-refractivity contribution in [2.24, 2.45) is 0 Å². The van der Waals surface area contributed by atoms with Gasteiger partial charge in [-0.1, -0.05) is 6.07 Å². The van der Waals surface area contributed by atoms with Crippen LogP contribution in [0, 0.1) is 0 Å². The van der Waals surface area contributed by atoms with Crippen LogP contribution in [0.4, 0.5) is 0 Å². The fraction of sp³-hybridized carbons (Fsp3) is 0.400. The van der Waals surface area contributed by atoms with Crippen LogP contribution in [0.3, 0.4) is 0 Å². The molecule has 82 valence electrons. The zero-order valence-electron chi connectivity index (χ0n) is 7.96. The first kappa shape index (κ1) is 10.2. The molecule has 0 aliphatic carbocycles. The van der Waals surface area contributed by atoms with Crippen molar-refractivity contribution in [1.82, 2.24) is 0 Å². The van der Waals surface area contributed by atoms with E-state index in [1.165, 1.54) is 0 Å². The summed E-state index contributed by atoms with van der Waals surface area (Å²) in [6.07, 6.45) is -2.31. The van der Waals surface area contributed by atoms with E-state index in [2.05, 4.69) is 0 Å². The Kier molecular flexibility index (Phi) is 2.77. The van der Waals surface area contributed by atoms with Gasteiger partial charge in [0, 0.05) is 0 Å². The Labute approximate surface area is 86.5 Å². The maximum absolute atomic E-state index is 9.61. The molecule has 15 heavy (non-hydrogen) atoms. The van der Waals surface area contributed by atoms with Gasteiger partial charge in [-0.15, -0.1) is 0 Å². The number of fused-ring (bicyclic) bond motifs is 1. The summed E-state index contributed by atoms with van der Waals surface area (Å²) < 4.78 is 10.2. The molecule has 0 amide bonds. The average Bonchev–Trinajstić information content (AvgIpc) is 2.73. The monoisotopic (exact) mass is 212 g/mol. The second-order valence-electron chi connectivity index (χ2n) is 3.31. The van der Waals surface area contributed by atoms with E-state index in [0.29, 0.717) is 17.1 Å². The van der Waals surface area contributed by atoms with Gasteiger partial charge in [-0.3, -0.25) is 0 Å². The van der Waals surface area contributed by atoms with Crippen LogP contribution in [0.5, 0.6) is 11.5 Å². The van der Waals surface area contributed by atoms with Gasteiger partial charge < -0.3 is 24.8 Å². The van der Waals surface area contributed by atoms with Crippen molar-refractivity contribution >= 4 is 0 Å². The van der Waals surface area contributed by atoms with Crippen LogP contribution < -0.4 is 9.47 Å². The van der Waals surface area contributed by atoms with Crippen LogP contribution in [0.15, 0.2) is 18.2 Å². The van der Waals surface area contributed by atoms with Gasteiger partial charge >= 0.3 is 0 Å². The van der Waals surface area contributed by atoms with Crippen LogP contribution in [-0.2, 0) is 0 Å². The summed E-state index contributed by atoms with van der Waals surface area (Å²) in [6, 6.07) is 4.87. The predicted octanol–water partition coefficient (Wildman–Crippen LogP) is -0.198. The first-order valence-corrected chi connectivity index (χ1v) is 4.59. The van der Waals surface area contributed by atoms with Gasteiger partial charge in [0.2, 0.25) is 6.79 Å². The van der Waals surface area contributed by atoms with Crippen molar-refractivity contribution in [3.8, 4) is 11.5 Å². The quantitative estimate of drug-likeness (QED) is 0.646. The van der Waals surface area contributed by atoms with Crippen molar-refractivity contribution in [3.63, 3.8) is 0 Å². The van der Waals surface area contributed by atoms with Crippen LogP contribution in [-0.4, -0.2) is 34.8 Å². The maximum atomic E-state index is 9.61. The molecule has 1 aliphatic heterocycles. The highest BCUT2D eigenvalue weighted by molar-refractivity contribution is 5.45. The van der Waals surface area contributed by atoms with Gasteiger partial charge in [0.15, 0.2) is 11.5 Å². The van der Waals surface area contributed by atoms with Crippen molar-refractivity contribution < 1.29 is 24.8 Å². The molecule has 1 aromatic carbocycles. The second kappa shape index (κ2) is 4.06. The van der Waals surface area contributed by atoms with Crippen molar-refractivity contribution in [2.45, 2.75) is 12.2 Å². The van der Waals surface area contributed by atoms with Gasteiger partial charge in [0.25, 0.3) is 0 Å². The van der Waals surface area contributed by atoms with E-state index in [9.17, 15) is 10.2 Å². The summed E-state index contributed by atoms with van der Waals surface area (Å²) in [4.78, 5) is 0. The standard InChI is InChI=1S/C10H12O5/c11-4-7(12)10(13)6-1-2-8-9(3-6)15-5-14-8/h1-3,7,10-13H,4-5H2. The minimum atomic E-state index is -1.19. The molecule has 0 bridgehead atoms. The lowest BCUT2D eigenvalue weighted by atomic mass is 10.0. The number of benzene rings is 1. The van der Waals surface area contributed by atoms with E-state index >= 15 is 0 Å². The smallest absolute Gasteiger partial charge is 0.231 e. The highest BCUT2D eigenvalue weighted by atomic mass is 16.7. The van der Waals surface area contributed by atoms with Gasteiger partial charge in [-0.2, -0.15) is 0 Å². The van der Waals surface area contributed by atoms with Crippen LogP contribution in [0.25, 0.3) is 0 Å². The van der Waals surface area contributed by atoms with E-state index in [1.807, 2.05) is 0 Å². The van der Waals surface area contributed by atoms with E-state index in [0.717, 1.165) is 0 Å². The molecule has 0 saturated heterocycles. The Bertz CT molecular complexity index is 352. The molecule has 3 N–H and O–H groups in total. The Morgan fingerprint density at radius 1 is 1.20 bits per heavy atom. The largest absolute Gasteiger partial charge is 0.454 e. The summed E-state index contributed by atoms with van der Waals surface area (Å²) in [7, 11) is 0. The number of aliphatic hydroxyl groups is 3. The van der Waals surface area contributed by atoms with Gasteiger partial charge in [-0.25, -0.2) is 0 Å². The lowest BCUT2D eigenvalue weighted by Gasteiger charge is -2.15. The topological polar surface area (TPSA) is 79.2 Å². The van der Waals surface area contributed by atoms with Crippen molar-refractivity contribution in [2.75, 3.05) is 13.4 Å². The molecule has 1 aliphatic rings. The van der Waals surface area contributed by atoms with Gasteiger partial charge in [-0.05, 0) is 17.7 Å². The fourth-order valence-corrected chi connectivity index (χ4v) is 1.42. The lowest BCUT2D eigenvalue weighted by Crippen LogP contribution is -2.21. The number of rotatable bonds is 3. The molecule has 0 radical (unpaired) electrons. The summed E-state index contributed by atoms with van der Waals surface area (Å²) in [6.45, 7) is -0.326. The Hall–Kier alpha value is -1.30. The highest BCUT2D eigenvalue weighted by Gasteiger charge is 2.21. The average molecular weight is 212 g/mol. The number of hydrogen-bond acceptors (Lipinski definition) is 5. The van der Waals surface area contributed by atoms with E-state index in [-0.39, 0.29) is 6.79 Å². The molecule has 5 heteroatoms. The minimum absolute atomic E-state index is 0.164. The summed E-state index contributed by atoms with van der Waals surface area (Å²) in [5.41, 5.74) is 0.487. The third-order valence-electron chi connectivity index (χ3n) is 2.29. The number of hydrogen-bond donors (Lipinski definition) is 3. The molecular formula is C10H12O5. The maximum Gasteiger partial charge on any atom is 0.231 e.